The highest BCUT2D eigenvalue weighted by Crippen LogP contribution is 2.05. The summed E-state index contributed by atoms with van der Waals surface area (Å²) >= 11 is 0. The lowest BCUT2D eigenvalue weighted by atomic mass is 10.2. The Balaban J connectivity index is 2.54. The number of amides is 1. The van der Waals surface area contributed by atoms with Crippen molar-refractivity contribution in [2.45, 2.75) is 12.5 Å². The van der Waals surface area contributed by atoms with E-state index in [0.717, 1.165) is 0 Å². The number of carbonyl (C=O) groups is 2. The fourth-order valence-electron chi connectivity index (χ4n) is 1.43. The quantitative estimate of drug-likeness (QED) is 0.631. The van der Waals surface area contributed by atoms with Crippen LogP contribution in [0.3, 0.4) is 0 Å². The van der Waals surface area contributed by atoms with E-state index in [1.165, 1.54) is 4.90 Å². The summed E-state index contributed by atoms with van der Waals surface area (Å²) in [5.74, 6) is -1.19. The van der Waals surface area contributed by atoms with Crippen molar-refractivity contribution in [1.29, 1.82) is 0 Å². The number of piperazine rings is 1. The number of alkyl halides is 1. The molecule has 1 amide bonds. The maximum absolute atomic E-state index is 11.9. The molecule has 1 aliphatic heterocycles. The molecule has 0 aromatic carbocycles. The minimum absolute atomic E-state index is 0.0387. The molecule has 1 atom stereocenters. The molecule has 0 radical (unpaired) electrons. The standard InChI is InChI=1S/C8H13FN2O3/c9-2-1-3-11-5-7(12)10-4-6(11)8(13)14/h6H,1-5H2,(H,10,12)(H,13,14). The summed E-state index contributed by atoms with van der Waals surface area (Å²) in [4.78, 5) is 23.2. The minimum Gasteiger partial charge on any atom is -0.480 e. The average Bonchev–Trinajstić information content (AvgIpc) is 2.14. The van der Waals surface area contributed by atoms with Crippen molar-refractivity contribution in [3.05, 3.63) is 0 Å². The molecular formula is C8H13FN2O3. The van der Waals surface area contributed by atoms with E-state index >= 15 is 0 Å². The first kappa shape index (κ1) is 10.9. The molecule has 0 aliphatic carbocycles. The largest absolute Gasteiger partial charge is 0.480 e. The highest BCUT2D eigenvalue weighted by molar-refractivity contribution is 5.83. The second-order valence-electron chi connectivity index (χ2n) is 3.17. The van der Waals surface area contributed by atoms with Crippen LogP contribution in [0.2, 0.25) is 0 Å². The van der Waals surface area contributed by atoms with E-state index in [1.54, 1.807) is 0 Å². The van der Waals surface area contributed by atoms with Gasteiger partial charge in [-0.15, -0.1) is 0 Å². The zero-order valence-corrected chi connectivity index (χ0v) is 7.70. The first-order valence-corrected chi connectivity index (χ1v) is 4.44. The molecule has 1 fully saturated rings. The highest BCUT2D eigenvalue weighted by atomic mass is 19.1. The van der Waals surface area contributed by atoms with E-state index in [2.05, 4.69) is 5.32 Å². The van der Waals surface area contributed by atoms with E-state index in [1.807, 2.05) is 0 Å². The lowest BCUT2D eigenvalue weighted by Gasteiger charge is -2.32. The predicted octanol–water partition coefficient (Wildman–Crippen LogP) is -0.769. The van der Waals surface area contributed by atoms with Gasteiger partial charge >= 0.3 is 5.97 Å². The zero-order chi connectivity index (χ0) is 10.6. The van der Waals surface area contributed by atoms with Crippen LogP contribution in [0.5, 0.6) is 0 Å². The Morgan fingerprint density at radius 2 is 2.43 bits per heavy atom. The maximum atomic E-state index is 11.9. The first-order valence-electron chi connectivity index (χ1n) is 4.44. The maximum Gasteiger partial charge on any atom is 0.322 e. The Labute approximate surface area is 80.9 Å². The molecule has 0 saturated carbocycles. The Bertz CT molecular complexity index is 235. The van der Waals surface area contributed by atoms with Gasteiger partial charge in [-0.25, -0.2) is 0 Å². The molecule has 1 aliphatic rings. The second kappa shape index (κ2) is 4.90. The van der Waals surface area contributed by atoms with Crippen LogP contribution in [0.4, 0.5) is 4.39 Å². The lowest BCUT2D eigenvalue weighted by Crippen LogP contribution is -2.57. The normalized spacial score (nSPS) is 23.2. The zero-order valence-electron chi connectivity index (χ0n) is 7.70. The molecule has 1 rings (SSSR count). The van der Waals surface area contributed by atoms with Crippen molar-refractivity contribution in [1.82, 2.24) is 10.2 Å². The third-order valence-corrected chi connectivity index (χ3v) is 2.14. The number of carbonyl (C=O) groups excluding carboxylic acids is 1. The van der Waals surface area contributed by atoms with Gasteiger partial charge < -0.3 is 10.4 Å². The number of nitrogens with zero attached hydrogens (tertiary/aromatic N) is 1. The lowest BCUT2D eigenvalue weighted by molar-refractivity contribution is -0.146. The van der Waals surface area contributed by atoms with Crippen LogP contribution in [0.25, 0.3) is 0 Å². The van der Waals surface area contributed by atoms with Gasteiger partial charge in [0.05, 0.1) is 13.2 Å². The Hall–Kier alpha value is -1.17. The SMILES string of the molecule is O=C1CN(CCCF)C(C(=O)O)CN1. The van der Waals surface area contributed by atoms with E-state index in [-0.39, 0.29) is 25.4 Å². The van der Waals surface area contributed by atoms with Crippen LogP contribution in [0.1, 0.15) is 6.42 Å². The van der Waals surface area contributed by atoms with Crippen LogP contribution in [0, 0.1) is 0 Å². The van der Waals surface area contributed by atoms with Gasteiger partial charge in [-0.1, -0.05) is 0 Å². The molecule has 0 aromatic rings. The third-order valence-electron chi connectivity index (χ3n) is 2.14. The number of hydrogen-bond acceptors (Lipinski definition) is 3. The van der Waals surface area contributed by atoms with Gasteiger partial charge in [-0.3, -0.25) is 18.9 Å². The van der Waals surface area contributed by atoms with E-state index in [0.29, 0.717) is 6.54 Å². The average molecular weight is 204 g/mol. The number of rotatable bonds is 4. The molecule has 5 nitrogen and oxygen atoms in total. The van der Waals surface area contributed by atoms with Crippen LogP contribution in [-0.2, 0) is 9.59 Å². The third kappa shape index (κ3) is 2.66. The van der Waals surface area contributed by atoms with Crippen molar-refractivity contribution in [3.63, 3.8) is 0 Å². The molecular weight excluding hydrogens is 191 g/mol. The van der Waals surface area contributed by atoms with Crippen molar-refractivity contribution in [3.8, 4) is 0 Å². The summed E-state index contributed by atoms with van der Waals surface area (Å²) in [6.45, 7) is -0.0528. The van der Waals surface area contributed by atoms with Crippen LogP contribution >= 0.6 is 0 Å². The predicted molar refractivity (Wildman–Crippen MR) is 46.6 cm³/mol. The summed E-state index contributed by atoms with van der Waals surface area (Å²) in [7, 11) is 0. The highest BCUT2D eigenvalue weighted by Gasteiger charge is 2.31. The molecule has 6 heteroatoms. The summed E-state index contributed by atoms with van der Waals surface area (Å²) < 4.78 is 11.9. The van der Waals surface area contributed by atoms with Gasteiger partial charge in [0.1, 0.15) is 6.04 Å². The van der Waals surface area contributed by atoms with Crippen molar-refractivity contribution >= 4 is 11.9 Å². The molecule has 1 saturated heterocycles. The van der Waals surface area contributed by atoms with Gasteiger partial charge in [0.25, 0.3) is 0 Å². The van der Waals surface area contributed by atoms with Gasteiger partial charge in [0.2, 0.25) is 5.91 Å². The summed E-state index contributed by atoms with van der Waals surface area (Å²) in [6, 6.07) is -0.723. The molecule has 0 spiro atoms. The van der Waals surface area contributed by atoms with Crippen molar-refractivity contribution < 1.29 is 19.1 Å². The van der Waals surface area contributed by atoms with Crippen molar-refractivity contribution in [2.75, 3.05) is 26.3 Å². The van der Waals surface area contributed by atoms with Crippen molar-refractivity contribution in [2.24, 2.45) is 0 Å². The second-order valence-corrected chi connectivity index (χ2v) is 3.17. The van der Waals surface area contributed by atoms with E-state index in [9.17, 15) is 14.0 Å². The van der Waals surface area contributed by atoms with E-state index < -0.39 is 18.7 Å². The number of aliphatic carboxylic acids is 1. The molecule has 1 unspecified atom stereocenters. The van der Waals surface area contributed by atoms with Gasteiger partial charge in [-0.05, 0) is 6.42 Å². The summed E-state index contributed by atoms with van der Waals surface area (Å²) in [6.07, 6.45) is 0.261. The summed E-state index contributed by atoms with van der Waals surface area (Å²) in [5.41, 5.74) is 0. The molecule has 2 N–H and O–H groups in total. The summed E-state index contributed by atoms with van der Waals surface area (Å²) in [5, 5.41) is 11.3. The molecule has 14 heavy (non-hydrogen) atoms. The number of hydrogen-bond donors (Lipinski definition) is 2. The monoisotopic (exact) mass is 204 g/mol. The number of carboxylic acid groups (broad SMARTS) is 1. The van der Waals surface area contributed by atoms with Gasteiger partial charge in [-0.2, -0.15) is 0 Å². The molecule has 1 heterocycles. The van der Waals surface area contributed by atoms with Gasteiger partial charge in [0.15, 0.2) is 0 Å². The van der Waals surface area contributed by atoms with Crippen LogP contribution < -0.4 is 5.32 Å². The molecule has 0 bridgehead atoms. The Morgan fingerprint density at radius 1 is 1.71 bits per heavy atom. The Morgan fingerprint density at radius 3 is 3.00 bits per heavy atom. The van der Waals surface area contributed by atoms with Gasteiger partial charge in [0, 0.05) is 13.1 Å². The number of carboxylic acids is 1. The number of halogens is 1. The van der Waals surface area contributed by atoms with Crippen LogP contribution in [0.15, 0.2) is 0 Å². The fourth-order valence-corrected chi connectivity index (χ4v) is 1.43. The Kier molecular flexibility index (Phi) is 3.82. The van der Waals surface area contributed by atoms with E-state index in [4.69, 9.17) is 5.11 Å². The van der Waals surface area contributed by atoms with Crippen LogP contribution in [-0.4, -0.2) is 54.2 Å². The smallest absolute Gasteiger partial charge is 0.322 e. The molecule has 0 aromatic heterocycles. The first-order chi connectivity index (χ1) is 6.65. The molecule has 80 valence electrons. The minimum atomic E-state index is -0.983. The fraction of sp³-hybridized carbons (Fsp3) is 0.750. The number of nitrogens with one attached hydrogen (secondary N) is 1. The topological polar surface area (TPSA) is 69.6 Å².